The van der Waals surface area contributed by atoms with Crippen LogP contribution in [0.3, 0.4) is 0 Å². The lowest BCUT2D eigenvalue weighted by molar-refractivity contribution is 0.164. The van der Waals surface area contributed by atoms with E-state index in [4.69, 9.17) is 15.2 Å². The molecule has 0 amide bonds. The first-order valence-electron chi connectivity index (χ1n) is 6.03. The van der Waals surface area contributed by atoms with Crippen molar-refractivity contribution in [1.82, 2.24) is 0 Å². The first-order chi connectivity index (χ1) is 9.17. The smallest absolute Gasteiger partial charge is 0.135 e. The maximum Gasteiger partial charge on any atom is 0.135 e. The molecule has 2 aromatic rings. The molecule has 0 aliphatic carbocycles. The maximum absolute atomic E-state index is 6.26. The van der Waals surface area contributed by atoms with Gasteiger partial charge in [0.1, 0.15) is 17.6 Å². The van der Waals surface area contributed by atoms with Gasteiger partial charge in [0.15, 0.2) is 0 Å². The van der Waals surface area contributed by atoms with Crippen molar-refractivity contribution in [2.24, 2.45) is 5.73 Å². The Morgan fingerprint density at radius 2 is 2.21 bits per heavy atom. The van der Waals surface area contributed by atoms with Crippen LogP contribution in [0.1, 0.15) is 29.0 Å². The zero-order chi connectivity index (χ0) is 13.4. The minimum Gasteiger partial charge on any atom is -0.497 e. The molecule has 0 radical (unpaired) electrons. The lowest BCUT2D eigenvalue weighted by Gasteiger charge is -2.30. The Morgan fingerprint density at radius 3 is 2.89 bits per heavy atom. The highest BCUT2D eigenvalue weighted by Gasteiger charge is 2.28. The number of rotatable bonds is 2. The van der Waals surface area contributed by atoms with E-state index in [-0.39, 0.29) is 12.1 Å². The van der Waals surface area contributed by atoms with Crippen molar-refractivity contribution in [3.05, 3.63) is 44.6 Å². The summed E-state index contributed by atoms with van der Waals surface area (Å²) in [6.07, 6.45) is 0.819. The summed E-state index contributed by atoms with van der Waals surface area (Å²) in [7, 11) is 1.66. The molecule has 0 saturated heterocycles. The van der Waals surface area contributed by atoms with Crippen LogP contribution in [0.4, 0.5) is 0 Å². The van der Waals surface area contributed by atoms with Crippen molar-refractivity contribution < 1.29 is 9.47 Å². The summed E-state index contributed by atoms with van der Waals surface area (Å²) in [5, 5.41) is 0. The van der Waals surface area contributed by atoms with Gasteiger partial charge in [0.05, 0.1) is 10.9 Å². The minimum atomic E-state index is -0.0234. The van der Waals surface area contributed by atoms with E-state index in [1.54, 1.807) is 18.4 Å². The maximum atomic E-state index is 6.26. The average Bonchev–Trinajstić information content (AvgIpc) is 2.85. The molecule has 19 heavy (non-hydrogen) atoms. The van der Waals surface area contributed by atoms with Crippen molar-refractivity contribution in [2.45, 2.75) is 18.6 Å². The molecule has 100 valence electrons. The summed E-state index contributed by atoms with van der Waals surface area (Å²) in [6, 6.07) is 9.89. The van der Waals surface area contributed by atoms with Gasteiger partial charge in [-0.25, -0.2) is 0 Å². The number of hydrogen-bond acceptors (Lipinski definition) is 4. The number of nitrogens with two attached hydrogens (primary N) is 1. The second kappa shape index (κ2) is 5.15. The van der Waals surface area contributed by atoms with Crippen molar-refractivity contribution in [2.75, 3.05) is 7.11 Å². The predicted octanol–water partition coefficient (Wildman–Crippen LogP) is 4.04. The third-order valence-electron chi connectivity index (χ3n) is 3.26. The molecule has 1 aliphatic rings. The van der Waals surface area contributed by atoms with Gasteiger partial charge >= 0.3 is 0 Å². The molecule has 1 aromatic carbocycles. The first-order valence-corrected chi connectivity index (χ1v) is 7.63. The number of ether oxygens (including phenoxy) is 2. The van der Waals surface area contributed by atoms with E-state index in [1.165, 1.54) is 4.88 Å². The molecule has 3 rings (SSSR count). The quantitative estimate of drug-likeness (QED) is 0.897. The van der Waals surface area contributed by atoms with Crippen LogP contribution in [0.15, 0.2) is 34.1 Å². The Bertz CT molecular complexity index is 599. The van der Waals surface area contributed by atoms with Gasteiger partial charge < -0.3 is 15.2 Å². The SMILES string of the molecule is COc1ccc2c(c1)C(N)CC(c1ccc(Br)s1)O2. The minimum absolute atomic E-state index is 0.0234. The molecular formula is C14H14BrNO2S. The Morgan fingerprint density at radius 1 is 1.37 bits per heavy atom. The molecule has 0 fully saturated rings. The topological polar surface area (TPSA) is 44.5 Å². The summed E-state index contributed by atoms with van der Waals surface area (Å²) in [5.74, 6) is 1.67. The Balaban J connectivity index is 1.92. The number of halogens is 1. The Kier molecular flexibility index (Phi) is 3.52. The van der Waals surface area contributed by atoms with Gasteiger partial charge in [-0.15, -0.1) is 11.3 Å². The highest BCUT2D eigenvalue weighted by Crippen LogP contribution is 2.43. The van der Waals surface area contributed by atoms with Crippen LogP contribution in [0.2, 0.25) is 0 Å². The van der Waals surface area contributed by atoms with E-state index < -0.39 is 0 Å². The van der Waals surface area contributed by atoms with Gasteiger partial charge in [-0.2, -0.15) is 0 Å². The predicted molar refractivity (Wildman–Crippen MR) is 79.9 cm³/mol. The van der Waals surface area contributed by atoms with Crippen LogP contribution in [-0.4, -0.2) is 7.11 Å². The molecule has 1 aliphatic heterocycles. The molecule has 0 saturated carbocycles. The Labute approximate surface area is 124 Å². The molecule has 2 atom stereocenters. The molecule has 0 spiro atoms. The van der Waals surface area contributed by atoms with Gasteiger partial charge in [0.25, 0.3) is 0 Å². The van der Waals surface area contributed by atoms with Crippen molar-refractivity contribution in [1.29, 1.82) is 0 Å². The normalized spacial score (nSPS) is 21.6. The monoisotopic (exact) mass is 339 g/mol. The third kappa shape index (κ3) is 2.50. The van der Waals surface area contributed by atoms with E-state index >= 15 is 0 Å². The summed E-state index contributed by atoms with van der Waals surface area (Å²) in [6.45, 7) is 0. The van der Waals surface area contributed by atoms with Gasteiger partial charge in [-0.1, -0.05) is 0 Å². The Hall–Kier alpha value is -1.04. The van der Waals surface area contributed by atoms with Crippen LogP contribution in [0.25, 0.3) is 0 Å². The van der Waals surface area contributed by atoms with E-state index in [1.807, 2.05) is 24.3 Å². The molecule has 2 unspecified atom stereocenters. The largest absolute Gasteiger partial charge is 0.497 e. The fraction of sp³-hybridized carbons (Fsp3) is 0.286. The van der Waals surface area contributed by atoms with Crippen LogP contribution in [0, 0.1) is 0 Å². The summed E-state index contributed by atoms with van der Waals surface area (Å²) < 4.78 is 12.4. The van der Waals surface area contributed by atoms with Gasteiger partial charge in [-0.05, 0) is 46.3 Å². The molecule has 0 bridgehead atoms. The van der Waals surface area contributed by atoms with E-state index in [2.05, 4.69) is 22.0 Å². The first kappa shape index (κ1) is 13.0. The summed E-state index contributed by atoms with van der Waals surface area (Å²) in [5.41, 5.74) is 7.28. The zero-order valence-corrected chi connectivity index (χ0v) is 12.8. The van der Waals surface area contributed by atoms with Crippen molar-refractivity contribution >= 4 is 27.3 Å². The number of thiophene rings is 1. The molecule has 2 heterocycles. The van der Waals surface area contributed by atoms with Crippen molar-refractivity contribution in [3.63, 3.8) is 0 Å². The fourth-order valence-corrected chi connectivity index (χ4v) is 3.75. The third-order valence-corrected chi connectivity index (χ3v) is 4.98. The van der Waals surface area contributed by atoms with Gasteiger partial charge in [-0.3, -0.25) is 0 Å². The number of methoxy groups -OCH3 is 1. The zero-order valence-electron chi connectivity index (χ0n) is 10.4. The second-order valence-electron chi connectivity index (χ2n) is 4.49. The lowest BCUT2D eigenvalue weighted by Crippen LogP contribution is -2.23. The second-order valence-corrected chi connectivity index (χ2v) is 6.99. The summed E-state index contributed by atoms with van der Waals surface area (Å²) >= 11 is 5.17. The number of hydrogen-bond donors (Lipinski definition) is 1. The van der Waals surface area contributed by atoms with Crippen LogP contribution >= 0.6 is 27.3 Å². The number of benzene rings is 1. The van der Waals surface area contributed by atoms with E-state index in [0.29, 0.717) is 0 Å². The van der Waals surface area contributed by atoms with E-state index in [9.17, 15) is 0 Å². The molecule has 3 nitrogen and oxygen atoms in total. The average molecular weight is 340 g/mol. The molecule has 2 N–H and O–H groups in total. The van der Waals surface area contributed by atoms with Crippen molar-refractivity contribution in [3.8, 4) is 11.5 Å². The highest BCUT2D eigenvalue weighted by molar-refractivity contribution is 9.11. The lowest BCUT2D eigenvalue weighted by atomic mass is 9.96. The number of fused-ring (bicyclic) bond motifs is 1. The van der Waals surface area contributed by atoms with Crippen LogP contribution in [-0.2, 0) is 0 Å². The van der Waals surface area contributed by atoms with Crippen LogP contribution in [0.5, 0.6) is 11.5 Å². The van der Waals surface area contributed by atoms with Gasteiger partial charge in [0, 0.05) is 22.9 Å². The fourth-order valence-electron chi connectivity index (χ4n) is 2.29. The molecule has 1 aromatic heterocycles. The van der Waals surface area contributed by atoms with Crippen LogP contribution < -0.4 is 15.2 Å². The standard InChI is InChI=1S/C14H14BrNO2S/c1-17-8-2-3-11-9(6-8)10(16)7-12(18-11)13-4-5-14(15)19-13/h2-6,10,12H,7,16H2,1H3. The summed E-state index contributed by atoms with van der Waals surface area (Å²) in [4.78, 5) is 1.20. The molecular weight excluding hydrogens is 326 g/mol. The van der Waals surface area contributed by atoms with Gasteiger partial charge in [0.2, 0.25) is 0 Å². The van der Waals surface area contributed by atoms with E-state index in [0.717, 1.165) is 27.3 Å². The molecule has 5 heteroatoms. The highest BCUT2D eigenvalue weighted by atomic mass is 79.9.